The van der Waals surface area contributed by atoms with Crippen LogP contribution in [0.15, 0.2) is 38.1 Å². The highest BCUT2D eigenvalue weighted by Crippen LogP contribution is 2.34. The predicted octanol–water partition coefficient (Wildman–Crippen LogP) is 2.76. The first kappa shape index (κ1) is 13.4. The van der Waals surface area contributed by atoms with Crippen molar-refractivity contribution in [2.45, 2.75) is 13.7 Å². The monoisotopic (exact) mass is 324 g/mol. The first-order valence-electron chi connectivity index (χ1n) is 5.45. The standard InChI is InChI=1S/C11H8N4O2S3/c1-18-10-13-14-11(20-10)19-8-7(9(16)17)15-5-3-2-4-6(15)12-8/h2-5H,1H3,(H,16,17). The molecule has 3 aromatic rings. The van der Waals surface area contributed by atoms with Gasteiger partial charge in [0, 0.05) is 6.20 Å². The molecule has 0 aromatic carbocycles. The third-order valence-electron chi connectivity index (χ3n) is 2.45. The number of thioether (sulfide) groups is 1. The fourth-order valence-electron chi connectivity index (χ4n) is 1.64. The molecule has 102 valence electrons. The van der Waals surface area contributed by atoms with E-state index in [1.807, 2.05) is 12.3 Å². The summed E-state index contributed by atoms with van der Waals surface area (Å²) in [5.41, 5.74) is 0.744. The van der Waals surface area contributed by atoms with Crippen LogP contribution >= 0.6 is 34.9 Å². The van der Waals surface area contributed by atoms with Crippen LogP contribution in [0.4, 0.5) is 0 Å². The molecule has 3 aromatic heterocycles. The van der Waals surface area contributed by atoms with Gasteiger partial charge in [-0.05, 0) is 30.2 Å². The Morgan fingerprint density at radius 1 is 1.35 bits per heavy atom. The highest BCUT2D eigenvalue weighted by atomic mass is 32.2. The van der Waals surface area contributed by atoms with Crippen LogP contribution in [-0.2, 0) is 0 Å². The number of fused-ring (bicyclic) bond motifs is 1. The maximum atomic E-state index is 11.4. The zero-order valence-corrected chi connectivity index (χ0v) is 12.6. The van der Waals surface area contributed by atoms with Gasteiger partial charge < -0.3 is 5.11 Å². The van der Waals surface area contributed by atoms with Crippen molar-refractivity contribution in [3.63, 3.8) is 0 Å². The Kier molecular flexibility index (Phi) is 3.64. The number of imidazole rings is 1. The van der Waals surface area contributed by atoms with Gasteiger partial charge in [0.15, 0.2) is 14.4 Å². The van der Waals surface area contributed by atoms with Crippen molar-refractivity contribution in [2.24, 2.45) is 0 Å². The molecule has 3 heterocycles. The van der Waals surface area contributed by atoms with Crippen molar-refractivity contribution in [2.75, 3.05) is 6.26 Å². The van der Waals surface area contributed by atoms with E-state index in [2.05, 4.69) is 15.2 Å². The number of hydrogen-bond acceptors (Lipinski definition) is 7. The number of carboxylic acid groups (broad SMARTS) is 1. The Morgan fingerprint density at radius 2 is 2.15 bits per heavy atom. The van der Waals surface area contributed by atoms with E-state index in [1.165, 1.54) is 34.9 Å². The number of hydrogen-bond donors (Lipinski definition) is 1. The summed E-state index contributed by atoms with van der Waals surface area (Å²) >= 11 is 4.15. The number of aromatic nitrogens is 4. The van der Waals surface area contributed by atoms with E-state index in [0.717, 1.165) is 4.34 Å². The smallest absolute Gasteiger partial charge is 0.355 e. The zero-order chi connectivity index (χ0) is 14.1. The van der Waals surface area contributed by atoms with Crippen LogP contribution < -0.4 is 0 Å². The van der Waals surface area contributed by atoms with Crippen molar-refractivity contribution in [1.29, 1.82) is 0 Å². The van der Waals surface area contributed by atoms with Gasteiger partial charge in [0.05, 0.1) is 0 Å². The minimum Gasteiger partial charge on any atom is -0.476 e. The summed E-state index contributed by atoms with van der Waals surface area (Å²) in [6.45, 7) is 0. The molecule has 0 unspecified atom stereocenters. The lowest BCUT2D eigenvalue weighted by molar-refractivity contribution is 0.0685. The molecular formula is C11H8N4O2S3. The molecule has 6 nitrogen and oxygen atoms in total. The largest absolute Gasteiger partial charge is 0.476 e. The molecule has 9 heteroatoms. The minimum atomic E-state index is -1.01. The summed E-state index contributed by atoms with van der Waals surface area (Å²) in [7, 11) is 0. The summed E-state index contributed by atoms with van der Waals surface area (Å²) in [6.07, 6.45) is 3.60. The molecule has 0 atom stereocenters. The van der Waals surface area contributed by atoms with E-state index < -0.39 is 5.97 Å². The third-order valence-corrected chi connectivity index (χ3v) is 5.37. The summed E-state index contributed by atoms with van der Waals surface area (Å²) < 4.78 is 3.08. The fraction of sp³-hybridized carbons (Fsp3) is 0.0909. The van der Waals surface area contributed by atoms with Crippen LogP contribution in [-0.4, -0.2) is 36.9 Å². The number of aromatic carboxylic acids is 1. The van der Waals surface area contributed by atoms with E-state index in [9.17, 15) is 9.90 Å². The average Bonchev–Trinajstić information content (AvgIpc) is 3.02. The van der Waals surface area contributed by atoms with Gasteiger partial charge in [0.25, 0.3) is 0 Å². The lowest BCUT2D eigenvalue weighted by Crippen LogP contribution is -2.02. The molecule has 0 fully saturated rings. The van der Waals surface area contributed by atoms with Gasteiger partial charge in [-0.3, -0.25) is 4.40 Å². The van der Waals surface area contributed by atoms with Gasteiger partial charge in [-0.25, -0.2) is 9.78 Å². The van der Waals surface area contributed by atoms with Crippen molar-refractivity contribution in [3.8, 4) is 0 Å². The van der Waals surface area contributed by atoms with Gasteiger partial charge in [0.2, 0.25) is 0 Å². The Bertz CT molecular complexity index is 783. The molecule has 0 aliphatic rings. The number of carboxylic acids is 1. The van der Waals surface area contributed by atoms with Crippen molar-refractivity contribution in [3.05, 3.63) is 30.1 Å². The lowest BCUT2D eigenvalue weighted by Gasteiger charge is -1.97. The summed E-state index contributed by atoms with van der Waals surface area (Å²) in [5.74, 6) is -1.01. The van der Waals surface area contributed by atoms with E-state index in [-0.39, 0.29) is 5.69 Å². The quantitative estimate of drug-likeness (QED) is 0.739. The highest BCUT2D eigenvalue weighted by Gasteiger charge is 2.20. The van der Waals surface area contributed by atoms with Crippen LogP contribution in [0.2, 0.25) is 0 Å². The maximum absolute atomic E-state index is 11.4. The molecule has 0 aliphatic heterocycles. The summed E-state index contributed by atoms with van der Waals surface area (Å²) in [4.78, 5) is 15.8. The van der Waals surface area contributed by atoms with Crippen LogP contribution in [0, 0.1) is 0 Å². The van der Waals surface area contributed by atoms with Crippen LogP contribution in [0.5, 0.6) is 0 Å². The maximum Gasteiger partial charge on any atom is 0.355 e. The molecule has 0 saturated carbocycles. The predicted molar refractivity (Wildman–Crippen MR) is 78.0 cm³/mol. The zero-order valence-electron chi connectivity index (χ0n) is 10.2. The Morgan fingerprint density at radius 3 is 2.85 bits per heavy atom. The third kappa shape index (κ3) is 2.39. The summed E-state index contributed by atoms with van der Waals surface area (Å²) in [5, 5.41) is 17.8. The average molecular weight is 324 g/mol. The van der Waals surface area contributed by atoms with Crippen LogP contribution in [0.3, 0.4) is 0 Å². The lowest BCUT2D eigenvalue weighted by atomic mass is 10.4. The second kappa shape index (κ2) is 5.43. The minimum absolute atomic E-state index is 0.145. The molecule has 20 heavy (non-hydrogen) atoms. The molecule has 0 amide bonds. The Balaban J connectivity index is 2.06. The molecular weight excluding hydrogens is 316 g/mol. The summed E-state index contributed by atoms with van der Waals surface area (Å²) in [6, 6.07) is 5.36. The molecule has 3 rings (SSSR count). The molecule has 0 spiro atoms. The van der Waals surface area contributed by atoms with Crippen LogP contribution in [0.25, 0.3) is 5.65 Å². The van der Waals surface area contributed by atoms with Gasteiger partial charge in [-0.1, -0.05) is 29.2 Å². The highest BCUT2D eigenvalue weighted by molar-refractivity contribution is 8.03. The molecule has 0 saturated heterocycles. The van der Waals surface area contributed by atoms with Crippen molar-refractivity contribution >= 4 is 46.5 Å². The molecule has 0 bridgehead atoms. The van der Waals surface area contributed by atoms with E-state index in [4.69, 9.17) is 0 Å². The molecule has 1 N–H and O–H groups in total. The normalized spacial score (nSPS) is 11.1. The van der Waals surface area contributed by atoms with Gasteiger partial charge in [0.1, 0.15) is 10.7 Å². The van der Waals surface area contributed by atoms with Gasteiger partial charge in [-0.15, -0.1) is 10.2 Å². The molecule has 0 aliphatic carbocycles. The second-order valence-electron chi connectivity index (χ2n) is 3.64. The van der Waals surface area contributed by atoms with E-state index >= 15 is 0 Å². The fourth-order valence-corrected chi connectivity index (χ4v) is 4.12. The van der Waals surface area contributed by atoms with Crippen molar-refractivity contribution in [1.82, 2.24) is 19.6 Å². The van der Waals surface area contributed by atoms with E-state index in [0.29, 0.717) is 15.0 Å². The SMILES string of the molecule is CSc1nnc(Sc2nc3ccccn3c2C(=O)O)s1. The van der Waals surface area contributed by atoms with Crippen LogP contribution in [0.1, 0.15) is 10.5 Å². The second-order valence-corrected chi connectivity index (χ2v) is 6.91. The van der Waals surface area contributed by atoms with Gasteiger partial charge >= 0.3 is 5.97 Å². The number of rotatable bonds is 4. The Hall–Kier alpha value is -1.58. The van der Waals surface area contributed by atoms with Crippen molar-refractivity contribution < 1.29 is 9.90 Å². The number of nitrogens with zero attached hydrogens (tertiary/aromatic N) is 4. The number of carbonyl (C=O) groups is 1. The topological polar surface area (TPSA) is 80.4 Å². The number of pyridine rings is 1. The van der Waals surface area contributed by atoms with E-state index in [1.54, 1.807) is 22.7 Å². The Labute approximate surface area is 126 Å². The molecule has 0 radical (unpaired) electrons. The first-order valence-corrected chi connectivity index (χ1v) is 8.30. The first-order chi connectivity index (χ1) is 9.69. The van der Waals surface area contributed by atoms with Gasteiger partial charge in [-0.2, -0.15) is 0 Å².